The molecule has 0 spiro atoms. The molecule has 0 saturated carbocycles. The molecule has 1 rings (SSSR count). The summed E-state index contributed by atoms with van der Waals surface area (Å²) in [5, 5.41) is 8.20. The van der Waals surface area contributed by atoms with Gasteiger partial charge < -0.3 is 9.84 Å². The highest BCUT2D eigenvalue weighted by atomic mass is 32.2. The SMILES string of the molecule is O=C(O)OC1CSC(S)C1. The van der Waals surface area contributed by atoms with Crippen molar-refractivity contribution in [2.24, 2.45) is 0 Å². The Labute approximate surface area is 68.5 Å². The molecule has 0 amide bonds. The van der Waals surface area contributed by atoms with E-state index in [0.717, 1.165) is 12.2 Å². The maximum absolute atomic E-state index is 10.0. The second kappa shape index (κ2) is 3.39. The molecule has 0 bridgehead atoms. The van der Waals surface area contributed by atoms with Crippen LogP contribution in [0.15, 0.2) is 0 Å². The lowest BCUT2D eigenvalue weighted by atomic mass is 10.3. The maximum Gasteiger partial charge on any atom is 0.506 e. The highest BCUT2D eigenvalue weighted by Gasteiger charge is 2.25. The van der Waals surface area contributed by atoms with Gasteiger partial charge in [0.15, 0.2) is 0 Å². The molecule has 5 heteroatoms. The lowest BCUT2D eigenvalue weighted by Gasteiger charge is -2.05. The Balaban J connectivity index is 2.24. The lowest BCUT2D eigenvalue weighted by Crippen LogP contribution is -2.15. The second-order valence-corrected chi connectivity index (χ2v) is 4.24. The third-order valence-electron chi connectivity index (χ3n) is 1.21. The minimum Gasteiger partial charge on any atom is -0.450 e. The van der Waals surface area contributed by atoms with Crippen LogP contribution in [0.3, 0.4) is 0 Å². The number of thiol groups is 1. The monoisotopic (exact) mass is 180 g/mol. The molecule has 0 aromatic carbocycles. The molecule has 1 aliphatic heterocycles. The zero-order valence-electron chi connectivity index (χ0n) is 5.19. The topological polar surface area (TPSA) is 46.5 Å². The summed E-state index contributed by atoms with van der Waals surface area (Å²) >= 11 is 5.79. The molecule has 0 aromatic rings. The Morgan fingerprint density at radius 3 is 2.90 bits per heavy atom. The summed E-state index contributed by atoms with van der Waals surface area (Å²) < 4.78 is 4.77. The number of hydrogen-bond acceptors (Lipinski definition) is 4. The van der Waals surface area contributed by atoms with Gasteiger partial charge in [0.25, 0.3) is 0 Å². The van der Waals surface area contributed by atoms with Gasteiger partial charge in [-0.15, -0.1) is 11.8 Å². The summed E-state index contributed by atoms with van der Waals surface area (Å²) in [4.78, 5) is 10.0. The Bertz CT molecular complexity index is 139. The zero-order chi connectivity index (χ0) is 7.56. The standard InChI is InChI=1S/C5H8O3S2/c6-5(7)8-3-1-4(9)10-2-3/h3-4,9H,1-2H2,(H,6,7). The molecule has 3 nitrogen and oxygen atoms in total. The Kier molecular flexibility index (Phi) is 2.73. The van der Waals surface area contributed by atoms with Crippen molar-refractivity contribution in [3.8, 4) is 0 Å². The van der Waals surface area contributed by atoms with E-state index in [1.54, 1.807) is 11.8 Å². The molecular formula is C5H8O3S2. The van der Waals surface area contributed by atoms with Crippen molar-refractivity contribution in [2.45, 2.75) is 17.1 Å². The van der Waals surface area contributed by atoms with Crippen LogP contribution >= 0.6 is 24.4 Å². The van der Waals surface area contributed by atoms with Crippen LogP contribution in [-0.2, 0) is 4.74 Å². The summed E-state index contributed by atoms with van der Waals surface area (Å²) in [6.45, 7) is 0. The van der Waals surface area contributed by atoms with Gasteiger partial charge in [-0.25, -0.2) is 4.79 Å². The smallest absolute Gasteiger partial charge is 0.450 e. The number of carboxylic acid groups (broad SMARTS) is 1. The molecule has 2 atom stereocenters. The lowest BCUT2D eigenvalue weighted by molar-refractivity contribution is 0.0615. The maximum atomic E-state index is 10.0. The Morgan fingerprint density at radius 2 is 2.50 bits per heavy atom. The van der Waals surface area contributed by atoms with E-state index in [2.05, 4.69) is 17.4 Å². The first-order valence-corrected chi connectivity index (χ1v) is 4.44. The first-order chi connectivity index (χ1) is 4.68. The molecule has 58 valence electrons. The van der Waals surface area contributed by atoms with Crippen LogP contribution in [0.5, 0.6) is 0 Å². The summed E-state index contributed by atoms with van der Waals surface area (Å²) in [5.41, 5.74) is 0. The fraction of sp³-hybridized carbons (Fsp3) is 0.800. The molecule has 1 heterocycles. The van der Waals surface area contributed by atoms with Gasteiger partial charge in [-0.05, 0) is 0 Å². The third kappa shape index (κ3) is 2.30. The number of hydrogen-bond donors (Lipinski definition) is 2. The fourth-order valence-electron chi connectivity index (χ4n) is 0.804. The Morgan fingerprint density at radius 1 is 1.80 bits per heavy atom. The van der Waals surface area contributed by atoms with E-state index in [-0.39, 0.29) is 10.7 Å². The second-order valence-electron chi connectivity index (χ2n) is 2.03. The van der Waals surface area contributed by atoms with Crippen LogP contribution in [0, 0.1) is 0 Å². The Hall–Kier alpha value is -0.0300. The highest BCUT2D eigenvalue weighted by molar-refractivity contribution is 8.10. The number of carbonyl (C=O) groups is 1. The van der Waals surface area contributed by atoms with Crippen molar-refractivity contribution in [1.82, 2.24) is 0 Å². The van der Waals surface area contributed by atoms with Crippen LogP contribution in [0.2, 0.25) is 0 Å². The van der Waals surface area contributed by atoms with Crippen LogP contribution < -0.4 is 0 Å². The molecule has 1 fully saturated rings. The summed E-state index contributed by atoms with van der Waals surface area (Å²) in [7, 11) is 0. The van der Waals surface area contributed by atoms with Gasteiger partial charge in [0.05, 0.1) is 4.58 Å². The zero-order valence-corrected chi connectivity index (χ0v) is 6.90. The minimum absolute atomic E-state index is 0.148. The van der Waals surface area contributed by atoms with Crippen molar-refractivity contribution in [1.29, 1.82) is 0 Å². The van der Waals surface area contributed by atoms with Gasteiger partial charge in [0.1, 0.15) is 6.10 Å². The van der Waals surface area contributed by atoms with Crippen LogP contribution in [0.25, 0.3) is 0 Å². The molecule has 0 radical (unpaired) electrons. The average molecular weight is 180 g/mol. The molecule has 1 N–H and O–H groups in total. The van der Waals surface area contributed by atoms with Gasteiger partial charge in [0, 0.05) is 12.2 Å². The summed E-state index contributed by atoms with van der Waals surface area (Å²) in [6, 6.07) is 0. The summed E-state index contributed by atoms with van der Waals surface area (Å²) in [5.74, 6) is 0.737. The predicted octanol–water partition coefficient (Wildman–Crippen LogP) is 1.44. The quantitative estimate of drug-likeness (QED) is 0.473. The molecule has 2 unspecified atom stereocenters. The number of ether oxygens (including phenoxy) is 1. The van der Waals surface area contributed by atoms with E-state index in [0.29, 0.717) is 0 Å². The van der Waals surface area contributed by atoms with Gasteiger partial charge in [-0.3, -0.25) is 0 Å². The molecule has 10 heavy (non-hydrogen) atoms. The first-order valence-electron chi connectivity index (χ1n) is 2.87. The number of rotatable bonds is 1. The first kappa shape index (κ1) is 8.07. The summed E-state index contributed by atoms with van der Waals surface area (Å²) in [6.07, 6.45) is -0.613. The van der Waals surface area contributed by atoms with Gasteiger partial charge in [0.2, 0.25) is 0 Å². The van der Waals surface area contributed by atoms with Crippen molar-refractivity contribution in [3.63, 3.8) is 0 Å². The average Bonchev–Trinajstić information content (AvgIpc) is 2.13. The highest BCUT2D eigenvalue weighted by Crippen LogP contribution is 2.30. The minimum atomic E-state index is -1.19. The van der Waals surface area contributed by atoms with Crippen LogP contribution in [0.4, 0.5) is 4.79 Å². The van der Waals surface area contributed by atoms with E-state index in [1.165, 1.54) is 0 Å². The van der Waals surface area contributed by atoms with Crippen molar-refractivity contribution >= 4 is 30.5 Å². The van der Waals surface area contributed by atoms with Crippen LogP contribution in [-0.4, -0.2) is 27.7 Å². The predicted molar refractivity (Wildman–Crippen MR) is 42.7 cm³/mol. The van der Waals surface area contributed by atoms with Gasteiger partial charge in [-0.1, -0.05) is 0 Å². The molecule has 1 saturated heterocycles. The largest absolute Gasteiger partial charge is 0.506 e. The van der Waals surface area contributed by atoms with Crippen molar-refractivity contribution in [2.75, 3.05) is 5.75 Å². The van der Waals surface area contributed by atoms with E-state index in [4.69, 9.17) is 5.11 Å². The van der Waals surface area contributed by atoms with Crippen LogP contribution in [0.1, 0.15) is 6.42 Å². The van der Waals surface area contributed by atoms with Crippen molar-refractivity contribution in [3.05, 3.63) is 0 Å². The third-order valence-corrected chi connectivity index (χ3v) is 3.01. The molecule has 0 aromatic heterocycles. The van der Waals surface area contributed by atoms with Gasteiger partial charge in [-0.2, -0.15) is 12.6 Å². The van der Waals surface area contributed by atoms with Gasteiger partial charge >= 0.3 is 6.16 Å². The van der Waals surface area contributed by atoms with Crippen molar-refractivity contribution < 1.29 is 14.6 Å². The normalized spacial score (nSPS) is 32.1. The van der Waals surface area contributed by atoms with E-state index >= 15 is 0 Å². The van der Waals surface area contributed by atoms with E-state index < -0.39 is 6.16 Å². The van der Waals surface area contributed by atoms with E-state index in [9.17, 15) is 4.79 Å². The van der Waals surface area contributed by atoms with E-state index in [1.807, 2.05) is 0 Å². The molecule has 0 aliphatic carbocycles. The fourth-order valence-corrected chi connectivity index (χ4v) is 2.29. The molecule has 1 aliphatic rings. The molecular weight excluding hydrogens is 172 g/mol. The number of thioether (sulfide) groups is 1.